The molecule has 5 N–H and O–H groups in total. The summed E-state index contributed by atoms with van der Waals surface area (Å²) in [5.74, 6) is -0.133. The molecule has 0 aliphatic heterocycles. The van der Waals surface area contributed by atoms with Crippen LogP contribution in [0.2, 0.25) is 0 Å². The van der Waals surface area contributed by atoms with Gasteiger partial charge in [0.05, 0.1) is 6.20 Å². The highest BCUT2D eigenvalue weighted by Crippen LogP contribution is 2.19. The fourth-order valence-electron chi connectivity index (χ4n) is 2.02. The topological polar surface area (TPSA) is 118 Å². The Hall–Kier alpha value is -2.15. The molecular weight excluding hydrogens is 270 g/mol. The van der Waals surface area contributed by atoms with E-state index in [1.54, 1.807) is 0 Å². The fraction of sp³-hybridized carbons (Fsp3) is 0.500. The highest BCUT2D eigenvalue weighted by atomic mass is 16.2. The van der Waals surface area contributed by atoms with Gasteiger partial charge in [0.15, 0.2) is 0 Å². The normalized spacial score (nSPS) is 10.3. The molecule has 0 aliphatic rings. The average Bonchev–Trinajstić information content (AvgIpc) is 2.47. The van der Waals surface area contributed by atoms with Crippen molar-refractivity contribution < 1.29 is 4.79 Å². The van der Waals surface area contributed by atoms with E-state index in [0.29, 0.717) is 18.8 Å². The Kier molecular flexibility index (Phi) is 7.17. The minimum absolute atomic E-state index is 0.133. The van der Waals surface area contributed by atoms with E-state index in [1.807, 2.05) is 0 Å². The first kappa shape index (κ1) is 16.9. The number of aromatic amines is 1. The van der Waals surface area contributed by atoms with Crippen molar-refractivity contribution in [2.24, 2.45) is 5.73 Å². The SMILES string of the molecule is C=CC(=O)N(CCCCCCCN)c1cnc(=O)[nH]c1N. The Morgan fingerprint density at radius 2 is 2.00 bits per heavy atom. The van der Waals surface area contributed by atoms with E-state index < -0.39 is 5.69 Å². The van der Waals surface area contributed by atoms with Crippen molar-refractivity contribution in [2.45, 2.75) is 32.1 Å². The van der Waals surface area contributed by atoms with Crippen molar-refractivity contribution >= 4 is 17.4 Å². The van der Waals surface area contributed by atoms with Crippen molar-refractivity contribution in [2.75, 3.05) is 23.7 Å². The molecule has 0 unspecified atom stereocenters. The van der Waals surface area contributed by atoms with Crippen LogP contribution in [0.5, 0.6) is 0 Å². The molecule has 116 valence electrons. The van der Waals surface area contributed by atoms with Gasteiger partial charge in [-0.1, -0.05) is 25.8 Å². The number of anilines is 2. The summed E-state index contributed by atoms with van der Waals surface area (Å²) in [5.41, 5.74) is 11.1. The van der Waals surface area contributed by atoms with Crippen LogP contribution in [0.4, 0.5) is 11.5 Å². The zero-order chi connectivity index (χ0) is 15.7. The third-order valence-corrected chi connectivity index (χ3v) is 3.14. The Labute approximate surface area is 124 Å². The Balaban J connectivity index is 2.66. The van der Waals surface area contributed by atoms with Crippen LogP contribution in [0.25, 0.3) is 0 Å². The maximum atomic E-state index is 11.9. The van der Waals surface area contributed by atoms with Gasteiger partial charge in [-0.05, 0) is 25.5 Å². The molecule has 0 saturated heterocycles. The van der Waals surface area contributed by atoms with Crippen LogP contribution in [0.3, 0.4) is 0 Å². The lowest BCUT2D eigenvalue weighted by atomic mass is 10.1. The van der Waals surface area contributed by atoms with Crippen LogP contribution in [0, 0.1) is 0 Å². The molecule has 7 heteroatoms. The third-order valence-electron chi connectivity index (χ3n) is 3.14. The molecular formula is C14H23N5O2. The van der Waals surface area contributed by atoms with E-state index >= 15 is 0 Å². The van der Waals surface area contributed by atoms with Crippen LogP contribution >= 0.6 is 0 Å². The number of carbonyl (C=O) groups excluding carboxylic acids is 1. The number of H-pyrrole nitrogens is 1. The number of nitrogens with two attached hydrogens (primary N) is 2. The molecule has 7 nitrogen and oxygen atoms in total. The van der Waals surface area contributed by atoms with E-state index in [9.17, 15) is 9.59 Å². The summed E-state index contributed by atoms with van der Waals surface area (Å²) in [6.45, 7) is 4.70. The Bertz CT molecular complexity index is 526. The largest absolute Gasteiger partial charge is 0.383 e. The monoisotopic (exact) mass is 293 g/mol. The smallest absolute Gasteiger partial charge is 0.346 e. The first-order chi connectivity index (χ1) is 10.1. The summed E-state index contributed by atoms with van der Waals surface area (Å²) in [4.78, 5) is 30.5. The molecule has 0 aliphatic carbocycles. The van der Waals surface area contributed by atoms with Crippen molar-refractivity contribution in [3.8, 4) is 0 Å². The zero-order valence-corrected chi connectivity index (χ0v) is 12.2. The fourth-order valence-corrected chi connectivity index (χ4v) is 2.02. The van der Waals surface area contributed by atoms with Crippen molar-refractivity contribution in [3.05, 3.63) is 29.3 Å². The molecule has 0 saturated carbocycles. The molecule has 0 atom stereocenters. The van der Waals surface area contributed by atoms with E-state index in [-0.39, 0.29) is 11.7 Å². The van der Waals surface area contributed by atoms with E-state index in [1.165, 1.54) is 17.2 Å². The summed E-state index contributed by atoms with van der Waals surface area (Å²) in [7, 11) is 0. The second-order valence-electron chi connectivity index (χ2n) is 4.74. The number of aromatic nitrogens is 2. The summed E-state index contributed by atoms with van der Waals surface area (Å²) in [5, 5.41) is 0. The summed E-state index contributed by atoms with van der Waals surface area (Å²) < 4.78 is 0. The second-order valence-corrected chi connectivity index (χ2v) is 4.74. The number of hydrogen-bond donors (Lipinski definition) is 3. The standard InChI is InChI=1S/C14H23N5O2/c1-2-12(20)19(9-7-5-3-4-6-8-15)11-10-17-14(21)18-13(11)16/h2,10H,1,3-9,15H2,(H3,16,17,18,21). The number of nitrogens with one attached hydrogen (secondary N) is 1. The first-order valence-corrected chi connectivity index (χ1v) is 7.09. The predicted octanol–water partition coefficient (Wildman–Crippen LogP) is 0.780. The van der Waals surface area contributed by atoms with Crippen LogP contribution in [-0.2, 0) is 4.79 Å². The molecule has 0 fully saturated rings. The lowest BCUT2D eigenvalue weighted by molar-refractivity contribution is -0.114. The summed E-state index contributed by atoms with van der Waals surface area (Å²) in [6, 6.07) is 0. The van der Waals surface area contributed by atoms with Gasteiger partial charge in [0, 0.05) is 6.54 Å². The van der Waals surface area contributed by atoms with Crippen LogP contribution < -0.4 is 22.1 Å². The molecule has 1 rings (SSSR count). The molecule has 1 amide bonds. The average molecular weight is 293 g/mol. The maximum absolute atomic E-state index is 11.9. The zero-order valence-electron chi connectivity index (χ0n) is 12.2. The van der Waals surface area contributed by atoms with Crippen molar-refractivity contribution in [1.29, 1.82) is 0 Å². The van der Waals surface area contributed by atoms with Gasteiger partial charge >= 0.3 is 5.69 Å². The number of nitrogens with zero attached hydrogens (tertiary/aromatic N) is 2. The lowest BCUT2D eigenvalue weighted by Gasteiger charge is -2.21. The van der Waals surface area contributed by atoms with Gasteiger partial charge in [0.1, 0.15) is 11.5 Å². The molecule has 1 aromatic rings. The molecule has 0 spiro atoms. The molecule has 0 bridgehead atoms. The number of rotatable bonds is 9. The summed E-state index contributed by atoms with van der Waals surface area (Å²) >= 11 is 0. The molecule has 0 aromatic carbocycles. The Morgan fingerprint density at radius 3 is 2.62 bits per heavy atom. The Morgan fingerprint density at radius 1 is 1.33 bits per heavy atom. The molecule has 1 heterocycles. The summed E-state index contributed by atoms with van der Waals surface area (Å²) in [6.07, 6.45) is 7.55. The van der Waals surface area contributed by atoms with Gasteiger partial charge in [-0.3, -0.25) is 9.78 Å². The maximum Gasteiger partial charge on any atom is 0.346 e. The molecule has 0 radical (unpaired) electrons. The number of carbonyl (C=O) groups is 1. The van der Waals surface area contributed by atoms with E-state index in [2.05, 4.69) is 16.5 Å². The molecule has 21 heavy (non-hydrogen) atoms. The minimum atomic E-state index is -0.538. The van der Waals surface area contributed by atoms with Crippen LogP contribution in [0.1, 0.15) is 32.1 Å². The van der Waals surface area contributed by atoms with E-state index in [4.69, 9.17) is 11.5 Å². The van der Waals surface area contributed by atoms with Crippen LogP contribution in [-0.4, -0.2) is 29.0 Å². The van der Waals surface area contributed by atoms with Gasteiger partial charge in [-0.15, -0.1) is 0 Å². The van der Waals surface area contributed by atoms with Gasteiger partial charge in [-0.25, -0.2) is 4.79 Å². The van der Waals surface area contributed by atoms with Gasteiger partial charge in [0.25, 0.3) is 5.91 Å². The number of amides is 1. The van der Waals surface area contributed by atoms with Crippen molar-refractivity contribution in [1.82, 2.24) is 9.97 Å². The van der Waals surface area contributed by atoms with Gasteiger partial charge in [0.2, 0.25) is 0 Å². The first-order valence-electron chi connectivity index (χ1n) is 7.09. The second kappa shape index (κ2) is 8.91. The lowest BCUT2D eigenvalue weighted by Crippen LogP contribution is -2.32. The van der Waals surface area contributed by atoms with Crippen LogP contribution in [0.15, 0.2) is 23.6 Å². The quantitative estimate of drug-likeness (QED) is 0.459. The highest BCUT2D eigenvalue weighted by Gasteiger charge is 2.16. The number of nitrogen functional groups attached to an aromatic ring is 1. The van der Waals surface area contributed by atoms with Gasteiger partial charge < -0.3 is 16.4 Å². The third kappa shape index (κ3) is 5.39. The minimum Gasteiger partial charge on any atom is -0.383 e. The van der Waals surface area contributed by atoms with Crippen molar-refractivity contribution in [3.63, 3.8) is 0 Å². The number of hydrogen-bond acceptors (Lipinski definition) is 5. The predicted molar refractivity (Wildman–Crippen MR) is 84.0 cm³/mol. The number of unbranched alkanes of at least 4 members (excludes halogenated alkanes) is 4. The van der Waals surface area contributed by atoms with Gasteiger partial charge in [-0.2, -0.15) is 4.98 Å². The molecule has 1 aromatic heterocycles. The van der Waals surface area contributed by atoms with E-state index in [0.717, 1.165) is 32.1 Å². The highest BCUT2D eigenvalue weighted by molar-refractivity contribution is 6.02.